The van der Waals surface area contributed by atoms with Crippen LogP contribution in [0.2, 0.25) is 0 Å². The van der Waals surface area contributed by atoms with Gasteiger partial charge in [0, 0.05) is 25.0 Å². The van der Waals surface area contributed by atoms with E-state index >= 15 is 0 Å². The van der Waals surface area contributed by atoms with Crippen LogP contribution in [-0.4, -0.2) is 49.5 Å². The zero-order valence-corrected chi connectivity index (χ0v) is 21.5. The second-order valence-corrected chi connectivity index (χ2v) is 11.4. The van der Waals surface area contributed by atoms with E-state index in [0.717, 1.165) is 10.6 Å². The van der Waals surface area contributed by atoms with Crippen molar-refractivity contribution in [2.45, 2.75) is 58.7 Å². The highest BCUT2D eigenvalue weighted by atomic mass is 32.2. The van der Waals surface area contributed by atoms with Crippen LogP contribution in [0.5, 0.6) is 0 Å². The first kappa shape index (κ1) is 28.2. The summed E-state index contributed by atoms with van der Waals surface area (Å²) in [5.41, 5.74) is 0.447. The van der Waals surface area contributed by atoms with Crippen molar-refractivity contribution in [3.8, 4) is 0 Å². The molecule has 0 spiro atoms. The first-order chi connectivity index (χ1) is 16.2. The number of hydrogen-bond acceptors (Lipinski definition) is 4. The summed E-state index contributed by atoms with van der Waals surface area (Å²) in [4.78, 5) is 27.4. The Morgan fingerprint density at radius 2 is 1.49 bits per heavy atom. The minimum atomic E-state index is -3.67. The zero-order valence-electron chi connectivity index (χ0n) is 20.7. The lowest BCUT2D eigenvalue weighted by Crippen LogP contribution is -2.52. The first-order valence-corrected chi connectivity index (χ1v) is 13.1. The molecule has 0 aliphatic rings. The van der Waals surface area contributed by atoms with Crippen molar-refractivity contribution in [2.75, 3.05) is 17.1 Å². The molecule has 10 heteroatoms. The molecular weight excluding hydrogens is 476 g/mol. The van der Waals surface area contributed by atoms with Crippen LogP contribution >= 0.6 is 0 Å². The van der Waals surface area contributed by atoms with Gasteiger partial charge in [0.15, 0.2) is 0 Å². The Morgan fingerprint density at radius 3 is 1.97 bits per heavy atom. The Balaban J connectivity index is 2.17. The van der Waals surface area contributed by atoms with E-state index in [-0.39, 0.29) is 37.7 Å². The number of hydrogen-bond donors (Lipinski definition) is 1. The number of sulfonamides is 1. The van der Waals surface area contributed by atoms with Gasteiger partial charge in [0.05, 0.1) is 11.9 Å². The molecule has 0 saturated carbocycles. The summed E-state index contributed by atoms with van der Waals surface area (Å²) in [6.45, 7) is 7.20. The number of nitrogens with zero attached hydrogens (tertiary/aromatic N) is 2. The van der Waals surface area contributed by atoms with E-state index < -0.39 is 33.2 Å². The van der Waals surface area contributed by atoms with Crippen LogP contribution < -0.4 is 9.62 Å². The molecule has 2 amide bonds. The molecule has 0 unspecified atom stereocenters. The molecule has 1 atom stereocenters. The van der Waals surface area contributed by atoms with Crippen LogP contribution in [0.3, 0.4) is 0 Å². The highest BCUT2D eigenvalue weighted by Crippen LogP contribution is 2.20. The molecule has 35 heavy (non-hydrogen) atoms. The molecular formula is C25H33F2N3O4S. The molecule has 192 valence electrons. The van der Waals surface area contributed by atoms with Gasteiger partial charge in [0.25, 0.3) is 0 Å². The number of rotatable bonds is 10. The van der Waals surface area contributed by atoms with Crippen LogP contribution in [0.25, 0.3) is 0 Å². The van der Waals surface area contributed by atoms with E-state index in [0.29, 0.717) is 11.3 Å². The second-order valence-electron chi connectivity index (χ2n) is 9.48. The molecule has 1 N–H and O–H groups in total. The van der Waals surface area contributed by atoms with Gasteiger partial charge < -0.3 is 10.2 Å². The molecule has 0 radical (unpaired) electrons. The van der Waals surface area contributed by atoms with Gasteiger partial charge in [-0.15, -0.1) is 0 Å². The average molecular weight is 510 g/mol. The normalized spacial score (nSPS) is 12.7. The van der Waals surface area contributed by atoms with Gasteiger partial charge in [-0.1, -0.05) is 12.1 Å². The predicted octanol–water partition coefficient (Wildman–Crippen LogP) is 3.84. The van der Waals surface area contributed by atoms with Crippen molar-refractivity contribution in [2.24, 2.45) is 0 Å². The highest BCUT2D eigenvalue weighted by molar-refractivity contribution is 7.92. The van der Waals surface area contributed by atoms with Crippen LogP contribution in [0.1, 0.15) is 46.1 Å². The summed E-state index contributed by atoms with van der Waals surface area (Å²) in [5, 5.41) is 2.86. The third kappa shape index (κ3) is 8.93. The summed E-state index contributed by atoms with van der Waals surface area (Å²) in [6.07, 6.45) is 1.19. The molecule has 2 aromatic rings. The number of benzene rings is 2. The van der Waals surface area contributed by atoms with Gasteiger partial charge in [-0.05, 0) is 76.1 Å². The average Bonchev–Trinajstić information content (AvgIpc) is 2.74. The number of anilines is 1. The topological polar surface area (TPSA) is 86.8 Å². The number of carbonyl (C=O) groups excluding carboxylic acids is 2. The highest BCUT2D eigenvalue weighted by Gasteiger charge is 2.28. The van der Waals surface area contributed by atoms with Gasteiger partial charge in [-0.2, -0.15) is 0 Å². The molecule has 0 aliphatic carbocycles. The number of nitrogens with one attached hydrogen (secondary N) is 1. The summed E-state index contributed by atoms with van der Waals surface area (Å²) < 4.78 is 52.3. The smallest absolute Gasteiger partial charge is 0.242 e. The predicted molar refractivity (Wildman–Crippen MR) is 132 cm³/mol. The van der Waals surface area contributed by atoms with Gasteiger partial charge >= 0.3 is 0 Å². The Hall–Kier alpha value is -3.01. The van der Waals surface area contributed by atoms with Crippen LogP contribution in [-0.2, 0) is 26.2 Å². The number of amides is 2. The summed E-state index contributed by atoms with van der Waals surface area (Å²) in [6, 6.07) is 9.89. The summed E-state index contributed by atoms with van der Waals surface area (Å²) >= 11 is 0. The van der Waals surface area contributed by atoms with Gasteiger partial charge in [-0.3, -0.25) is 13.9 Å². The van der Waals surface area contributed by atoms with Crippen LogP contribution in [0, 0.1) is 11.6 Å². The van der Waals surface area contributed by atoms with Crippen molar-refractivity contribution >= 4 is 27.5 Å². The standard InChI is InChI=1S/C25H33F2N3O4S/c1-18(24(32)28-25(2,3)4)29(17-19-8-10-20(26)11-9-19)23(31)7-6-16-30(35(5,33)34)22-14-12-21(27)13-15-22/h8-15,18H,6-7,16-17H2,1-5H3,(H,28,32)/t18-/m0/s1. The minimum absolute atomic E-state index is 0.00314. The third-order valence-electron chi connectivity index (χ3n) is 5.20. The number of carbonyl (C=O) groups is 2. The van der Waals surface area contributed by atoms with Gasteiger partial charge in [0.1, 0.15) is 17.7 Å². The molecule has 2 rings (SSSR count). The largest absolute Gasteiger partial charge is 0.350 e. The molecule has 0 fully saturated rings. The Bertz CT molecular complexity index is 1110. The number of halogens is 2. The zero-order chi connectivity index (χ0) is 26.4. The lowest BCUT2D eigenvalue weighted by Gasteiger charge is -2.32. The fourth-order valence-corrected chi connectivity index (χ4v) is 4.42. The molecule has 0 aliphatic heterocycles. The molecule has 0 saturated heterocycles. The van der Waals surface area contributed by atoms with Gasteiger partial charge in [-0.25, -0.2) is 17.2 Å². The molecule has 0 heterocycles. The van der Waals surface area contributed by atoms with Crippen LogP contribution in [0.15, 0.2) is 48.5 Å². The van der Waals surface area contributed by atoms with Crippen molar-refractivity contribution in [3.05, 3.63) is 65.7 Å². The molecule has 0 aromatic heterocycles. The summed E-state index contributed by atoms with van der Waals surface area (Å²) in [7, 11) is -3.67. The van der Waals surface area contributed by atoms with Crippen molar-refractivity contribution in [1.29, 1.82) is 0 Å². The fraction of sp³-hybridized carbons (Fsp3) is 0.440. The second kappa shape index (κ2) is 11.6. The van der Waals surface area contributed by atoms with Crippen LogP contribution in [0.4, 0.5) is 14.5 Å². The maximum Gasteiger partial charge on any atom is 0.242 e. The van der Waals surface area contributed by atoms with Crippen molar-refractivity contribution in [1.82, 2.24) is 10.2 Å². The molecule has 0 bridgehead atoms. The van der Waals surface area contributed by atoms with E-state index in [4.69, 9.17) is 0 Å². The maximum atomic E-state index is 13.3. The Morgan fingerprint density at radius 1 is 0.971 bits per heavy atom. The van der Waals surface area contributed by atoms with Gasteiger partial charge in [0.2, 0.25) is 21.8 Å². The lowest BCUT2D eigenvalue weighted by atomic mass is 10.1. The van der Waals surface area contributed by atoms with E-state index in [1.807, 2.05) is 20.8 Å². The molecule has 2 aromatic carbocycles. The van der Waals surface area contributed by atoms with E-state index in [1.165, 1.54) is 41.3 Å². The Labute approximate surface area is 206 Å². The van der Waals surface area contributed by atoms with E-state index in [1.54, 1.807) is 19.1 Å². The lowest BCUT2D eigenvalue weighted by molar-refractivity contribution is -0.141. The maximum absolute atomic E-state index is 13.3. The first-order valence-electron chi connectivity index (χ1n) is 11.3. The summed E-state index contributed by atoms with van der Waals surface area (Å²) in [5.74, 6) is -1.58. The monoisotopic (exact) mass is 509 g/mol. The minimum Gasteiger partial charge on any atom is -0.350 e. The van der Waals surface area contributed by atoms with Crippen molar-refractivity contribution < 1.29 is 26.8 Å². The molecule has 7 nitrogen and oxygen atoms in total. The Kier molecular flexibility index (Phi) is 9.37. The third-order valence-corrected chi connectivity index (χ3v) is 6.39. The SMILES string of the molecule is C[C@@H](C(=O)NC(C)(C)C)N(Cc1ccc(F)cc1)C(=O)CCCN(c1ccc(F)cc1)S(C)(=O)=O. The van der Waals surface area contributed by atoms with Crippen molar-refractivity contribution in [3.63, 3.8) is 0 Å². The van der Waals surface area contributed by atoms with E-state index in [9.17, 15) is 26.8 Å². The van der Waals surface area contributed by atoms with E-state index in [2.05, 4.69) is 5.32 Å². The fourth-order valence-electron chi connectivity index (χ4n) is 3.45. The quantitative estimate of drug-likeness (QED) is 0.527.